The van der Waals surface area contributed by atoms with E-state index in [2.05, 4.69) is 254 Å². The minimum absolute atomic E-state index is 0.506. The van der Waals surface area contributed by atoms with Crippen LogP contribution in [0.25, 0.3) is 75.1 Å². The number of fused-ring (bicyclic) bond motifs is 8. The average molecular weight is 844 g/mol. The maximum absolute atomic E-state index is 2.53. The second-order valence-electron chi connectivity index (χ2n) is 17.2. The summed E-state index contributed by atoms with van der Waals surface area (Å²) in [5.74, 6) is 0. The summed E-state index contributed by atoms with van der Waals surface area (Å²) in [5, 5.41) is 7.55. The topological polar surface area (TPSA) is 3.24 Å². The fourth-order valence-electron chi connectivity index (χ4n) is 10.8. The zero-order valence-electron chi connectivity index (χ0n) is 35.5. The van der Waals surface area contributed by atoms with Crippen LogP contribution in [0.5, 0.6) is 0 Å². The van der Waals surface area contributed by atoms with Gasteiger partial charge >= 0.3 is 0 Å². The third-order valence-electron chi connectivity index (χ3n) is 13.7. The van der Waals surface area contributed by atoms with Crippen molar-refractivity contribution in [2.45, 2.75) is 5.41 Å². The number of thiophene rings is 1. The Bertz CT molecular complexity index is 3730. The molecule has 1 nitrogen and oxygen atoms in total. The maximum atomic E-state index is 2.53. The Labute approximate surface area is 382 Å². The number of hydrogen-bond acceptors (Lipinski definition) is 2. The summed E-state index contributed by atoms with van der Waals surface area (Å²) in [5.41, 5.74) is 15.4. The number of anilines is 3. The molecule has 0 fully saturated rings. The molecule has 1 heterocycles. The molecule has 65 heavy (non-hydrogen) atoms. The van der Waals surface area contributed by atoms with Gasteiger partial charge in [-0.1, -0.05) is 200 Å². The largest absolute Gasteiger partial charge is 0.308 e. The first-order chi connectivity index (χ1) is 32.2. The van der Waals surface area contributed by atoms with Gasteiger partial charge in [-0.15, -0.1) is 11.3 Å². The summed E-state index contributed by atoms with van der Waals surface area (Å²) in [6.45, 7) is 0. The lowest BCUT2D eigenvalue weighted by Crippen LogP contribution is -2.28. The van der Waals surface area contributed by atoms with Gasteiger partial charge in [0.25, 0.3) is 0 Å². The fraction of sp³-hybridized carbons (Fsp3) is 0.0159. The van der Waals surface area contributed by atoms with Gasteiger partial charge in [-0.25, -0.2) is 0 Å². The first kappa shape index (κ1) is 37.5. The van der Waals surface area contributed by atoms with Crippen molar-refractivity contribution >= 4 is 70.1 Å². The maximum Gasteiger partial charge on any atom is 0.0714 e. The van der Waals surface area contributed by atoms with E-state index < -0.39 is 5.41 Å². The molecule has 1 aliphatic rings. The monoisotopic (exact) mass is 843 g/mol. The van der Waals surface area contributed by atoms with Crippen molar-refractivity contribution in [2.75, 3.05) is 4.90 Å². The van der Waals surface area contributed by atoms with E-state index in [0.29, 0.717) is 0 Å². The van der Waals surface area contributed by atoms with E-state index in [1.165, 1.54) is 103 Å². The summed E-state index contributed by atoms with van der Waals surface area (Å²) in [7, 11) is 0. The molecule has 0 N–H and O–H groups in total. The summed E-state index contributed by atoms with van der Waals surface area (Å²) >= 11 is 1.88. The van der Waals surface area contributed by atoms with Gasteiger partial charge < -0.3 is 4.90 Å². The van der Waals surface area contributed by atoms with Gasteiger partial charge in [0.1, 0.15) is 0 Å². The minimum Gasteiger partial charge on any atom is -0.308 e. The molecule has 0 amide bonds. The van der Waals surface area contributed by atoms with E-state index in [-0.39, 0.29) is 0 Å². The molecule has 0 aliphatic heterocycles. The van der Waals surface area contributed by atoms with Gasteiger partial charge in [-0.2, -0.15) is 0 Å². The van der Waals surface area contributed by atoms with Crippen molar-refractivity contribution in [3.8, 4) is 33.4 Å². The molecule has 1 aromatic heterocycles. The Morgan fingerprint density at radius 1 is 0.338 bits per heavy atom. The highest BCUT2D eigenvalue weighted by Gasteiger charge is 2.47. The van der Waals surface area contributed by atoms with Crippen molar-refractivity contribution < 1.29 is 0 Å². The van der Waals surface area contributed by atoms with Crippen molar-refractivity contribution in [1.29, 1.82) is 0 Å². The van der Waals surface area contributed by atoms with E-state index >= 15 is 0 Å². The first-order valence-corrected chi connectivity index (χ1v) is 23.2. The molecule has 0 atom stereocenters. The van der Waals surface area contributed by atoms with Crippen molar-refractivity contribution in [3.63, 3.8) is 0 Å². The number of rotatable bonds is 7. The molecule has 0 bridgehead atoms. The Morgan fingerprint density at radius 3 is 1.60 bits per heavy atom. The van der Waals surface area contributed by atoms with Gasteiger partial charge in [0.05, 0.1) is 21.5 Å². The zero-order valence-corrected chi connectivity index (χ0v) is 36.3. The first-order valence-electron chi connectivity index (χ1n) is 22.4. The second-order valence-corrected chi connectivity index (χ2v) is 18.3. The molecular formula is C63H41NS. The van der Waals surface area contributed by atoms with Crippen LogP contribution < -0.4 is 4.90 Å². The molecule has 2 heteroatoms. The molecule has 0 radical (unpaired) electrons. The molecule has 12 aromatic rings. The summed E-state index contributed by atoms with van der Waals surface area (Å²) in [6.07, 6.45) is 0. The number of nitrogens with zero attached hydrogens (tertiary/aromatic N) is 1. The third kappa shape index (κ3) is 5.92. The van der Waals surface area contributed by atoms with Crippen LogP contribution in [0.2, 0.25) is 0 Å². The van der Waals surface area contributed by atoms with Crippen LogP contribution in [0.15, 0.2) is 249 Å². The Hall–Kier alpha value is -8.04. The van der Waals surface area contributed by atoms with Crippen molar-refractivity contribution in [1.82, 2.24) is 0 Å². The lowest BCUT2D eigenvalue weighted by atomic mass is 9.68. The van der Waals surface area contributed by atoms with Crippen LogP contribution in [0.3, 0.4) is 0 Å². The van der Waals surface area contributed by atoms with E-state index in [4.69, 9.17) is 0 Å². The van der Waals surface area contributed by atoms with Crippen LogP contribution in [0, 0.1) is 0 Å². The quantitative estimate of drug-likeness (QED) is 0.154. The van der Waals surface area contributed by atoms with Crippen LogP contribution in [-0.2, 0) is 5.41 Å². The Kier molecular flexibility index (Phi) is 8.69. The smallest absolute Gasteiger partial charge is 0.0714 e. The summed E-state index contributed by atoms with van der Waals surface area (Å²) < 4.78 is 2.57. The Balaban J connectivity index is 0.995. The highest BCUT2D eigenvalue weighted by molar-refractivity contribution is 7.26. The lowest BCUT2D eigenvalue weighted by molar-refractivity contribution is 0.768. The number of benzene rings is 11. The molecule has 0 spiro atoms. The van der Waals surface area contributed by atoms with Crippen molar-refractivity contribution in [2.24, 2.45) is 0 Å². The van der Waals surface area contributed by atoms with Gasteiger partial charge in [-0.05, 0) is 120 Å². The molecule has 0 saturated carbocycles. The van der Waals surface area contributed by atoms with E-state index in [9.17, 15) is 0 Å². The standard InChI is InChI=1S/C63H41NS/c1-3-17-50(18-4-1)63(51-19-5-2-6-20-51)56-24-11-9-22-55(56)61-57(63)25-14-26-58(61)64(59-27-13-23-54-53-21-10-12-28-60(53)65-62(54)59)52-37-35-43(36-38-52)46-32-30-44-31-34-48(41-49(44)40-46)47-33-29-42-15-7-8-16-45(42)39-47/h1-41H. The SMILES string of the molecule is c1ccc(C2(c3ccccc3)c3ccccc3-c3c(N(c4ccc(-c5ccc6ccc(-c7ccc8ccccc8c7)cc6c5)cc4)c4cccc5c4sc4ccccc45)cccc32)cc1. The fourth-order valence-corrected chi connectivity index (χ4v) is 12.0. The second kappa shape index (κ2) is 15.1. The van der Waals surface area contributed by atoms with Crippen LogP contribution in [0.4, 0.5) is 17.1 Å². The average Bonchev–Trinajstić information content (AvgIpc) is 3.92. The van der Waals surface area contributed by atoms with E-state index in [1.54, 1.807) is 0 Å². The normalized spacial score (nSPS) is 12.7. The Morgan fingerprint density at radius 2 is 0.862 bits per heavy atom. The molecule has 1 aliphatic carbocycles. The van der Waals surface area contributed by atoms with Crippen LogP contribution in [-0.4, -0.2) is 0 Å². The highest BCUT2D eigenvalue weighted by atomic mass is 32.1. The molecule has 11 aromatic carbocycles. The van der Waals surface area contributed by atoms with E-state index in [0.717, 1.165) is 11.4 Å². The zero-order chi connectivity index (χ0) is 42.9. The summed E-state index contributed by atoms with van der Waals surface area (Å²) in [4.78, 5) is 2.53. The van der Waals surface area contributed by atoms with Crippen LogP contribution >= 0.6 is 11.3 Å². The molecule has 13 rings (SSSR count). The van der Waals surface area contributed by atoms with Gasteiger partial charge in [-0.3, -0.25) is 0 Å². The predicted octanol–water partition coefficient (Wildman–Crippen LogP) is 17.5. The van der Waals surface area contributed by atoms with Crippen molar-refractivity contribution in [3.05, 3.63) is 271 Å². The molecule has 0 saturated heterocycles. The lowest BCUT2D eigenvalue weighted by Gasteiger charge is -2.34. The van der Waals surface area contributed by atoms with Gasteiger partial charge in [0.2, 0.25) is 0 Å². The van der Waals surface area contributed by atoms with Crippen LogP contribution in [0.1, 0.15) is 22.3 Å². The molecule has 304 valence electrons. The third-order valence-corrected chi connectivity index (χ3v) is 14.9. The number of hydrogen-bond donors (Lipinski definition) is 0. The van der Waals surface area contributed by atoms with Gasteiger partial charge in [0.15, 0.2) is 0 Å². The molecular weight excluding hydrogens is 803 g/mol. The predicted molar refractivity (Wildman–Crippen MR) is 277 cm³/mol. The molecule has 0 unspecified atom stereocenters. The minimum atomic E-state index is -0.506. The van der Waals surface area contributed by atoms with Gasteiger partial charge in [0, 0.05) is 26.7 Å². The summed E-state index contributed by atoms with van der Waals surface area (Å²) in [6, 6.07) is 92.2. The van der Waals surface area contributed by atoms with E-state index in [1.807, 2.05) is 11.3 Å². The highest BCUT2D eigenvalue weighted by Crippen LogP contribution is 2.60.